The molecule has 1 unspecified atom stereocenters. The Hall–Kier alpha value is -1.35. The molecule has 0 aliphatic carbocycles. The molecule has 0 saturated carbocycles. The number of rotatable bonds is 5. The molecule has 3 heteroatoms. The van der Waals surface area contributed by atoms with Gasteiger partial charge in [-0.3, -0.25) is 0 Å². The summed E-state index contributed by atoms with van der Waals surface area (Å²) in [5.74, 6) is 0. The summed E-state index contributed by atoms with van der Waals surface area (Å²) in [4.78, 5) is 0. The van der Waals surface area contributed by atoms with Gasteiger partial charge in [-0.1, -0.05) is 48.0 Å². The van der Waals surface area contributed by atoms with Gasteiger partial charge in [0.25, 0.3) is 0 Å². The molecule has 2 aromatic carbocycles. The third-order valence-corrected chi connectivity index (χ3v) is 3.37. The summed E-state index contributed by atoms with van der Waals surface area (Å²) in [7, 11) is 0. The fourth-order valence-corrected chi connectivity index (χ4v) is 2.14. The van der Waals surface area contributed by atoms with Crippen molar-refractivity contribution in [3.05, 3.63) is 70.2 Å². The van der Waals surface area contributed by atoms with Crippen LogP contribution < -0.4 is 5.73 Å². The number of hydrogen-bond donors (Lipinski definition) is 1. The first-order valence-electron chi connectivity index (χ1n) is 6.32. The number of nitrogens with two attached hydrogens (primary N) is 1. The van der Waals surface area contributed by atoms with Crippen LogP contribution in [0.4, 0.5) is 0 Å². The summed E-state index contributed by atoms with van der Waals surface area (Å²) in [6.07, 6.45) is -0.0723. The van der Waals surface area contributed by atoms with Crippen molar-refractivity contribution in [1.29, 1.82) is 0 Å². The van der Waals surface area contributed by atoms with Crippen molar-refractivity contribution in [3.63, 3.8) is 0 Å². The van der Waals surface area contributed by atoms with Gasteiger partial charge in [0, 0.05) is 11.6 Å². The molecule has 2 aromatic rings. The van der Waals surface area contributed by atoms with Gasteiger partial charge in [0.1, 0.15) is 0 Å². The Labute approximate surface area is 119 Å². The van der Waals surface area contributed by atoms with E-state index in [2.05, 4.69) is 19.1 Å². The van der Waals surface area contributed by atoms with Crippen molar-refractivity contribution in [3.8, 4) is 0 Å². The van der Waals surface area contributed by atoms with Crippen LogP contribution in [0.1, 0.15) is 22.8 Å². The van der Waals surface area contributed by atoms with Crippen molar-refractivity contribution in [2.45, 2.75) is 19.6 Å². The van der Waals surface area contributed by atoms with Crippen molar-refractivity contribution >= 4 is 11.6 Å². The zero-order valence-corrected chi connectivity index (χ0v) is 11.7. The molecule has 0 aromatic heterocycles. The van der Waals surface area contributed by atoms with Crippen LogP contribution in [0, 0.1) is 6.92 Å². The zero-order valence-electron chi connectivity index (χ0n) is 11.0. The third kappa shape index (κ3) is 3.80. The molecule has 0 heterocycles. The minimum Gasteiger partial charge on any atom is -0.368 e. The first-order valence-corrected chi connectivity index (χ1v) is 6.70. The summed E-state index contributed by atoms with van der Waals surface area (Å²) < 4.78 is 5.92. The SMILES string of the molecule is Cc1ccccc1C(CN)OCc1ccc(Cl)cc1. The van der Waals surface area contributed by atoms with E-state index < -0.39 is 0 Å². The molecule has 0 spiro atoms. The van der Waals surface area contributed by atoms with E-state index in [1.165, 1.54) is 5.56 Å². The highest BCUT2D eigenvalue weighted by Crippen LogP contribution is 2.21. The van der Waals surface area contributed by atoms with Crippen LogP contribution in [0.3, 0.4) is 0 Å². The lowest BCUT2D eigenvalue weighted by Crippen LogP contribution is -2.16. The van der Waals surface area contributed by atoms with E-state index in [0.29, 0.717) is 13.2 Å². The van der Waals surface area contributed by atoms with Crippen LogP contribution in [0.2, 0.25) is 5.02 Å². The van der Waals surface area contributed by atoms with Gasteiger partial charge in [-0.25, -0.2) is 0 Å². The molecule has 0 aliphatic rings. The van der Waals surface area contributed by atoms with E-state index >= 15 is 0 Å². The quantitative estimate of drug-likeness (QED) is 0.899. The Balaban J connectivity index is 2.04. The summed E-state index contributed by atoms with van der Waals surface area (Å²) in [5, 5.41) is 0.734. The van der Waals surface area contributed by atoms with Gasteiger partial charge in [0.05, 0.1) is 12.7 Å². The lowest BCUT2D eigenvalue weighted by atomic mass is 10.0. The normalized spacial score (nSPS) is 12.4. The molecule has 0 fully saturated rings. The van der Waals surface area contributed by atoms with Crippen molar-refractivity contribution in [2.75, 3.05) is 6.54 Å². The van der Waals surface area contributed by atoms with Crippen LogP contribution in [-0.4, -0.2) is 6.54 Å². The molecule has 0 saturated heterocycles. The summed E-state index contributed by atoms with van der Waals surface area (Å²) in [5.41, 5.74) is 9.26. The van der Waals surface area contributed by atoms with Gasteiger partial charge >= 0.3 is 0 Å². The van der Waals surface area contributed by atoms with Gasteiger partial charge in [-0.2, -0.15) is 0 Å². The van der Waals surface area contributed by atoms with Crippen LogP contribution in [0.5, 0.6) is 0 Å². The average Bonchev–Trinajstić information content (AvgIpc) is 2.43. The molecule has 0 bridgehead atoms. The highest BCUT2D eigenvalue weighted by molar-refractivity contribution is 6.30. The molecular formula is C16H18ClNO. The lowest BCUT2D eigenvalue weighted by molar-refractivity contribution is 0.0452. The fraction of sp³-hybridized carbons (Fsp3) is 0.250. The Bertz CT molecular complexity index is 525. The van der Waals surface area contributed by atoms with E-state index in [4.69, 9.17) is 22.1 Å². The number of halogens is 1. The Kier molecular flexibility index (Phi) is 4.97. The highest BCUT2D eigenvalue weighted by atomic mass is 35.5. The maximum absolute atomic E-state index is 5.92. The Morgan fingerprint density at radius 3 is 2.42 bits per heavy atom. The van der Waals surface area contributed by atoms with E-state index in [-0.39, 0.29) is 6.10 Å². The van der Waals surface area contributed by atoms with E-state index in [0.717, 1.165) is 16.1 Å². The first kappa shape index (κ1) is 14.1. The van der Waals surface area contributed by atoms with Crippen LogP contribution in [-0.2, 0) is 11.3 Å². The summed E-state index contributed by atoms with van der Waals surface area (Å²) in [6, 6.07) is 15.8. The van der Waals surface area contributed by atoms with Crippen LogP contribution >= 0.6 is 11.6 Å². The van der Waals surface area contributed by atoms with Gasteiger partial charge in [-0.05, 0) is 35.7 Å². The fourth-order valence-electron chi connectivity index (χ4n) is 2.01. The maximum Gasteiger partial charge on any atom is 0.0954 e. The van der Waals surface area contributed by atoms with Crippen molar-refractivity contribution in [2.24, 2.45) is 5.73 Å². The molecule has 0 aliphatic heterocycles. The molecule has 1 atom stereocenters. The van der Waals surface area contributed by atoms with E-state index in [1.807, 2.05) is 36.4 Å². The van der Waals surface area contributed by atoms with Gasteiger partial charge in [-0.15, -0.1) is 0 Å². The largest absolute Gasteiger partial charge is 0.368 e. The number of hydrogen-bond acceptors (Lipinski definition) is 2. The molecule has 100 valence electrons. The number of ether oxygens (including phenoxy) is 1. The maximum atomic E-state index is 5.92. The van der Waals surface area contributed by atoms with Crippen molar-refractivity contribution in [1.82, 2.24) is 0 Å². The van der Waals surface area contributed by atoms with Gasteiger partial charge in [0.15, 0.2) is 0 Å². The summed E-state index contributed by atoms with van der Waals surface area (Å²) >= 11 is 5.86. The van der Waals surface area contributed by atoms with Gasteiger partial charge in [0.2, 0.25) is 0 Å². The number of benzene rings is 2. The second-order valence-corrected chi connectivity index (χ2v) is 4.95. The minimum absolute atomic E-state index is 0.0723. The lowest BCUT2D eigenvalue weighted by Gasteiger charge is -2.18. The average molecular weight is 276 g/mol. The topological polar surface area (TPSA) is 35.2 Å². The second kappa shape index (κ2) is 6.71. The molecule has 2 nitrogen and oxygen atoms in total. The second-order valence-electron chi connectivity index (χ2n) is 4.52. The molecule has 0 amide bonds. The van der Waals surface area contributed by atoms with Crippen LogP contribution in [0.25, 0.3) is 0 Å². The molecule has 19 heavy (non-hydrogen) atoms. The molecule has 2 rings (SSSR count). The molecular weight excluding hydrogens is 258 g/mol. The smallest absolute Gasteiger partial charge is 0.0954 e. The minimum atomic E-state index is -0.0723. The summed E-state index contributed by atoms with van der Waals surface area (Å²) in [6.45, 7) is 3.08. The third-order valence-electron chi connectivity index (χ3n) is 3.11. The Morgan fingerprint density at radius 2 is 1.79 bits per heavy atom. The Morgan fingerprint density at radius 1 is 1.11 bits per heavy atom. The predicted octanol–water partition coefficient (Wildman–Crippen LogP) is 3.87. The van der Waals surface area contributed by atoms with Crippen molar-refractivity contribution < 1.29 is 4.74 Å². The highest BCUT2D eigenvalue weighted by Gasteiger charge is 2.12. The van der Waals surface area contributed by atoms with Gasteiger partial charge < -0.3 is 10.5 Å². The monoisotopic (exact) mass is 275 g/mol. The predicted molar refractivity (Wildman–Crippen MR) is 79.2 cm³/mol. The zero-order chi connectivity index (χ0) is 13.7. The first-order chi connectivity index (χ1) is 9.20. The van der Waals surface area contributed by atoms with E-state index in [1.54, 1.807) is 0 Å². The number of aryl methyl sites for hydroxylation is 1. The standard InChI is InChI=1S/C16H18ClNO/c1-12-4-2-3-5-15(12)16(10-18)19-11-13-6-8-14(17)9-7-13/h2-9,16H,10-11,18H2,1H3. The molecule has 2 N–H and O–H groups in total. The molecule has 0 radical (unpaired) electrons. The van der Waals surface area contributed by atoms with Crippen LogP contribution in [0.15, 0.2) is 48.5 Å². The van der Waals surface area contributed by atoms with E-state index in [9.17, 15) is 0 Å².